The fourth-order valence-corrected chi connectivity index (χ4v) is 5.41. The monoisotopic (exact) mass is 194 g/mol. The molecule has 0 bridgehead atoms. The van der Waals surface area contributed by atoms with Crippen molar-refractivity contribution in [2.45, 2.75) is 25.9 Å². The van der Waals surface area contributed by atoms with Crippen molar-refractivity contribution in [2.75, 3.05) is 14.2 Å². The van der Waals surface area contributed by atoms with E-state index in [4.69, 9.17) is 13.0 Å². The number of hydrogen-bond acceptors (Lipinski definition) is 3. The van der Waals surface area contributed by atoms with E-state index in [1.165, 1.54) is 0 Å². The standard InChI is InChI=1S/C6H18O3Si2/c1-5-10-9-11(6-2,7-3)8-4/h5-6,10H2,1-4H3. The Bertz CT molecular complexity index is 87.6. The first-order valence-electron chi connectivity index (χ1n) is 3.99. The van der Waals surface area contributed by atoms with Crippen LogP contribution in [0.15, 0.2) is 0 Å². The quantitative estimate of drug-likeness (QED) is 0.585. The minimum atomic E-state index is -2.18. The Labute approximate surface area is 72.4 Å². The maximum absolute atomic E-state index is 5.66. The lowest BCUT2D eigenvalue weighted by Gasteiger charge is -2.25. The molecule has 11 heavy (non-hydrogen) atoms. The molecule has 3 nitrogen and oxygen atoms in total. The molecule has 0 heterocycles. The Hall–Kier alpha value is 0.314. The van der Waals surface area contributed by atoms with Crippen LogP contribution < -0.4 is 0 Å². The molecule has 0 fully saturated rings. The normalized spacial score (nSPS) is 13.1. The van der Waals surface area contributed by atoms with Crippen molar-refractivity contribution >= 4 is 18.6 Å². The minimum Gasteiger partial charge on any atom is -0.421 e. The summed E-state index contributed by atoms with van der Waals surface area (Å²) in [4.78, 5) is 0. The third-order valence-electron chi connectivity index (χ3n) is 1.58. The fraction of sp³-hybridized carbons (Fsp3) is 1.00. The molecule has 0 saturated heterocycles. The molecule has 0 aliphatic carbocycles. The lowest BCUT2D eigenvalue weighted by Crippen LogP contribution is -2.44. The predicted molar refractivity (Wildman–Crippen MR) is 50.4 cm³/mol. The lowest BCUT2D eigenvalue weighted by atomic mass is 11.0. The van der Waals surface area contributed by atoms with Crippen molar-refractivity contribution in [3.63, 3.8) is 0 Å². The van der Waals surface area contributed by atoms with Crippen LogP contribution in [-0.2, 0) is 13.0 Å². The molecule has 5 heteroatoms. The highest BCUT2D eigenvalue weighted by Gasteiger charge is 2.35. The first-order chi connectivity index (χ1) is 5.24. The second kappa shape index (κ2) is 5.90. The molecule has 0 atom stereocenters. The van der Waals surface area contributed by atoms with E-state index in [9.17, 15) is 0 Å². The van der Waals surface area contributed by atoms with Crippen LogP contribution in [0.25, 0.3) is 0 Å². The van der Waals surface area contributed by atoms with Crippen LogP contribution in [-0.4, -0.2) is 32.8 Å². The first-order valence-corrected chi connectivity index (χ1v) is 7.49. The van der Waals surface area contributed by atoms with E-state index < -0.39 is 18.6 Å². The maximum atomic E-state index is 5.66. The van der Waals surface area contributed by atoms with Crippen LogP contribution in [0.3, 0.4) is 0 Å². The summed E-state index contributed by atoms with van der Waals surface area (Å²) in [5, 5.41) is 0. The van der Waals surface area contributed by atoms with E-state index in [2.05, 4.69) is 6.92 Å². The summed E-state index contributed by atoms with van der Waals surface area (Å²) in [5.74, 6) is 0. The number of rotatable bonds is 6. The summed E-state index contributed by atoms with van der Waals surface area (Å²) in [6.07, 6.45) is 0. The van der Waals surface area contributed by atoms with Gasteiger partial charge in [-0.15, -0.1) is 0 Å². The summed E-state index contributed by atoms with van der Waals surface area (Å²) >= 11 is 0. The average Bonchev–Trinajstić information content (AvgIpc) is 2.08. The highest BCUT2D eigenvalue weighted by Crippen LogP contribution is 2.11. The van der Waals surface area contributed by atoms with E-state index in [-0.39, 0.29) is 0 Å². The van der Waals surface area contributed by atoms with Gasteiger partial charge in [0.25, 0.3) is 0 Å². The molecule has 0 aliphatic heterocycles. The van der Waals surface area contributed by atoms with Crippen LogP contribution in [0.2, 0.25) is 12.1 Å². The van der Waals surface area contributed by atoms with Crippen LogP contribution in [0.1, 0.15) is 13.8 Å². The Morgan fingerprint density at radius 1 is 1.18 bits per heavy atom. The smallest absolute Gasteiger partial charge is 0.421 e. The summed E-state index contributed by atoms with van der Waals surface area (Å²) in [6, 6.07) is 2.01. The summed E-state index contributed by atoms with van der Waals surface area (Å²) in [7, 11) is 0.760. The zero-order valence-electron chi connectivity index (χ0n) is 7.85. The topological polar surface area (TPSA) is 27.7 Å². The molecule has 0 aliphatic rings. The van der Waals surface area contributed by atoms with E-state index in [0.29, 0.717) is 0 Å². The fourth-order valence-electron chi connectivity index (χ4n) is 0.849. The second-order valence-electron chi connectivity index (χ2n) is 2.29. The predicted octanol–water partition coefficient (Wildman–Crippen LogP) is 0.777. The molecular weight excluding hydrogens is 176 g/mol. The summed E-state index contributed by atoms with van der Waals surface area (Å²) in [6.45, 7) is 4.18. The third kappa shape index (κ3) is 3.48. The van der Waals surface area contributed by atoms with E-state index >= 15 is 0 Å². The van der Waals surface area contributed by atoms with E-state index in [1.54, 1.807) is 14.2 Å². The van der Waals surface area contributed by atoms with Crippen molar-refractivity contribution in [1.29, 1.82) is 0 Å². The molecule has 0 N–H and O–H groups in total. The summed E-state index contributed by atoms with van der Waals surface area (Å²) < 4.78 is 16.2. The SMILES string of the molecule is CC[SiH2]O[Si](CC)(OC)OC. The molecule has 0 saturated carbocycles. The van der Waals surface area contributed by atoms with Gasteiger partial charge in [-0.2, -0.15) is 0 Å². The Morgan fingerprint density at radius 2 is 1.73 bits per heavy atom. The Balaban J connectivity index is 3.84. The molecular formula is C6H18O3Si2. The zero-order chi connectivity index (χ0) is 8.74. The lowest BCUT2D eigenvalue weighted by molar-refractivity contribution is 0.165. The molecule has 0 radical (unpaired) electrons. The first kappa shape index (κ1) is 11.3. The largest absolute Gasteiger partial charge is 0.489 e. The molecule has 68 valence electrons. The minimum absolute atomic E-state index is 0.404. The van der Waals surface area contributed by atoms with Crippen molar-refractivity contribution < 1.29 is 13.0 Å². The average molecular weight is 194 g/mol. The molecule has 0 aromatic rings. The molecule has 0 aromatic carbocycles. The van der Waals surface area contributed by atoms with Crippen molar-refractivity contribution in [3.05, 3.63) is 0 Å². The van der Waals surface area contributed by atoms with Gasteiger partial charge in [-0.3, -0.25) is 0 Å². The van der Waals surface area contributed by atoms with Gasteiger partial charge in [-0.05, 0) is 6.04 Å². The van der Waals surface area contributed by atoms with Gasteiger partial charge in [0.2, 0.25) is 0 Å². The van der Waals surface area contributed by atoms with Crippen LogP contribution >= 0.6 is 0 Å². The third-order valence-corrected chi connectivity index (χ3v) is 6.68. The van der Waals surface area contributed by atoms with Crippen molar-refractivity contribution in [1.82, 2.24) is 0 Å². The van der Waals surface area contributed by atoms with Crippen molar-refractivity contribution in [3.8, 4) is 0 Å². The van der Waals surface area contributed by atoms with Gasteiger partial charge in [-0.1, -0.05) is 13.8 Å². The van der Waals surface area contributed by atoms with Crippen LogP contribution in [0, 0.1) is 0 Å². The van der Waals surface area contributed by atoms with Crippen LogP contribution in [0.4, 0.5) is 0 Å². The van der Waals surface area contributed by atoms with E-state index in [0.717, 1.165) is 12.1 Å². The zero-order valence-corrected chi connectivity index (χ0v) is 10.3. The van der Waals surface area contributed by atoms with Gasteiger partial charge in [0, 0.05) is 20.3 Å². The molecule has 0 unspecified atom stereocenters. The molecule has 0 aromatic heterocycles. The molecule has 0 spiro atoms. The highest BCUT2D eigenvalue weighted by molar-refractivity contribution is 6.65. The molecule has 0 amide bonds. The van der Waals surface area contributed by atoms with E-state index in [1.807, 2.05) is 6.92 Å². The van der Waals surface area contributed by atoms with Crippen LogP contribution in [0.5, 0.6) is 0 Å². The summed E-state index contributed by atoms with van der Waals surface area (Å²) in [5.41, 5.74) is 0. The number of hydrogen-bond donors (Lipinski definition) is 0. The van der Waals surface area contributed by atoms with Gasteiger partial charge < -0.3 is 13.0 Å². The Kier molecular flexibility index (Phi) is 6.07. The Morgan fingerprint density at radius 3 is 2.00 bits per heavy atom. The van der Waals surface area contributed by atoms with Crippen molar-refractivity contribution in [2.24, 2.45) is 0 Å². The highest BCUT2D eigenvalue weighted by atomic mass is 28.4. The maximum Gasteiger partial charge on any atom is 0.489 e. The molecule has 0 rings (SSSR count). The van der Waals surface area contributed by atoms with Gasteiger partial charge in [0.1, 0.15) is 0 Å². The van der Waals surface area contributed by atoms with Gasteiger partial charge in [0.05, 0.1) is 0 Å². The van der Waals surface area contributed by atoms with Gasteiger partial charge >= 0.3 is 8.80 Å². The second-order valence-corrected chi connectivity index (χ2v) is 7.75. The van der Waals surface area contributed by atoms with Gasteiger partial charge in [0.15, 0.2) is 9.76 Å². The van der Waals surface area contributed by atoms with Gasteiger partial charge in [-0.25, -0.2) is 0 Å².